The van der Waals surface area contributed by atoms with Gasteiger partial charge in [-0.2, -0.15) is 0 Å². The summed E-state index contributed by atoms with van der Waals surface area (Å²) >= 11 is 5.85. The largest absolute Gasteiger partial charge is 0.497 e. The second kappa shape index (κ2) is 9.57. The standard InChI is InChI=1S/C27H26N4O2S/c1-3-33-22-15-9-19(10-16-22)30-18-6-8-24(30)26-25(23-7-4-5-17-28-23)29-27(34)31(26)20-11-13-21(32-2)14-12-20/h4-18,25-26H,3H2,1-2H3,(H,29,34)/t25-,26-/m1/s1. The van der Waals surface area contributed by atoms with Gasteiger partial charge in [0.2, 0.25) is 0 Å². The number of benzene rings is 2. The summed E-state index contributed by atoms with van der Waals surface area (Å²) in [6, 6.07) is 26.1. The molecule has 1 aliphatic heterocycles. The third-order valence-corrected chi connectivity index (χ3v) is 6.27. The Morgan fingerprint density at radius 1 is 0.912 bits per heavy atom. The molecule has 5 rings (SSSR count). The summed E-state index contributed by atoms with van der Waals surface area (Å²) in [6.07, 6.45) is 3.90. The first-order valence-corrected chi connectivity index (χ1v) is 11.7. The van der Waals surface area contributed by atoms with Gasteiger partial charge in [-0.3, -0.25) is 4.98 Å². The minimum Gasteiger partial charge on any atom is -0.497 e. The second-order valence-corrected chi connectivity index (χ2v) is 8.31. The SMILES string of the molecule is CCOc1ccc(-n2cccc2[C@@H]2[C@@H](c3ccccn3)NC(=S)N2c2ccc(OC)cc2)cc1. The van der Waals surface area contributed by atoms with E-state index in [0.29, 0.717) is 11.7 Å². The monoisotopic (exact) mass is 470 g/mol. The van der Waals surface area contributed by atoms with Crippen molar-refractivity contribution in [3.05, 3.63) is 103 Å². The van der Waals surface area contributed by atoms with Gasteiger partial charge in [-0.15, -0.1) is 0 Å². The van der Waals surface area contributed by atoms with E-state index in [9.17, 15) is 0 Å². The molecule has 0 amide bonds. The first-order valence-electron chi connectivity index (χ1n) is 11.2. The van der Waals surface area contributed by atoms with Crippen LogP contribution in [0, 0.1) is 0 Å². The number of thiocarbonyl (C=S) groups is 1. The van der Waals surface area contributed by atoms with Gasteiger partial charge in [0.25, 0.3) is 0 Å². The van der Waals surface area contributed by atoms with Crippen LogP contribution in [0.5, 0.6) is 11.5 Å². The molecule has 1 fully saturated rings. The first-order chi connectivity index (χ1) is 16.7. The Bertz CT molecular complexity index is 1260. The number of hydrogen-bond acceptors (Lipinski definition) is 4. The van der Waals surface area contributed by atoms with E-state index < -0.39 is 0 Å². The van der Waals surface area contributed by atoms with Crippen molar-refractivity contribution in [1.29, 1.82) is 0 Å². The molecule has 2 atom stereocenters. The lowest BCUT2D eigenvalue weighted by molar-refractivity contribution is 0.340. The Kier molecular flexibility index (Phi) is 6.18. The molecule has 0 aliphatic carbocycles. The van der Waals surface area contributed by atoms with Gasteiger partial charge in [0, 0.05) is 29.5 Å². The van der Waals surface area contributed by atoms with Crippen molar-refractivity contribution in [3.63, 3.8) is 0 Å². The number of methoxy groups -OCH3 is 1. The lowest BCUT2D eigenvalue weighted by atomic mass is 10.0. The molecule has 172 valence electrons. The molecule has 6 nitrogen and oxygen atoms in total. The number of nitrogens with one attached hydrogen (secondary N) is 1. The molecule has 1 N–H and O–H groups in total. The number of aromatic nitrogens is 2. The predicted molar refractivity (Wildman–Crippen MR) is 138 cm³/mol. The second-order valence-electron chi connectivity index (χ2n) is 7.92. The zero-order valence-corrected chi connectivity index (χ0v) is 19.9. The van der Waals surface area contributed by atoms with E-state index >= 15 is 0 Å². The highest BCUT2D eigenvalue weighted by molar-refractivity contribution is 7.80. The Morgan fingerprint density at radius 3 is 2.32 bits per heavy atom. The highest BCUT2D eigenvalue weighted by atomic mass is 32.1. The molecule has 1 saturated heterocycles. The van der Waals surface area contributed by atoms with Crippen LogP contribution in [0.1, 0.15) is 30.4 Å². The van der Waals surface area contributed by atoms with E-state index in [1.54, 1.807) is 7.11 Å². The molecule has 4 aromatic rings. The highest BCUT2D eigenvalue weighted by Crippen LogP contribution is 2.42. The van der Waals surface area contributed by atoms with E-state index in [1.165, 1.54) is 0 Å². The van der Waals surface area contributed by atoms with Crippen LogP contribution in [-0.4, -0.2) is 28.4 Å². The Labute approximate surface area is 204 Å². The summed E-state index contributed by atoms with van der Waals surface area (Å²) in [5.41, 5.74) is 4.07. The average molecular weight is 471 g/mol. The minimum atomic E-state index is -0.118. The first kappa shape index (κ1) is 22.0. The van der Waals surface area contributed by atoms with Gasteiger partial charge in [-0.05, 0) is 91.9 Å². The van der Waals surface area contributed by atoms with Crippen LogP contribution in [0.3, 0.4) is 0 Å². The molecule has 1 aliphatic rings. The van der Waals surface area contributed by atoms with Gasteiger partial charge >= 0.3 is 0 Å². The van der Waals surface area contributed by atoms with Crippen LogP contribution >= 0.6 is 12.2 Å². The minimum absolute atomic E-state index is 0.114. The molecule has 0 unspecified atom stereocenters. The van der Waals surface area contributed by atoms with E-state index in [2.05, 4.69) is 50.2 Å². The summed E-state index contributed by atoms with van der Waals surface area (Å²) in [7, 11) is 1.67. The fourth-order valence-electron chi connectivity index (χ4n) is 4.42. The summed E-state index contributed by atoms with van der Waals surface area (Å²) in [5, 5.41) is 4.18. The van der Waals surface area contributed by atoms with E-state index in [0.717, 1.165) is 34.3 Å². The smallest absolute Gasteiger partial charge is 0.174 e. The lowest BCUT2D eigenvalue weighted by Crippen LogP contribution is -2.30. The van der Waals surface area contributed by atoms with Gasteiger partial charge in [0.15, 0.2) is 5.11 Å². The van der Waals surface area contributed by atoms with Gasteiger partial charge in [-0.25, -0.2) is 0 Å². The molecule has 0 radical (unpaired) electrons. The zero-order chi connectivity index (χ0) is 23.5. The van der Waals surface area contributed by atoms with Crippen LogP contribution < -0.4 is 19.7 Å². The van der Waals surface area contributed by atoms with Crippen molar-refractivity contribution in [2.45, 2.75) is 19.0 Å². The molecule has 0 saturated carbocycles. The van der Waals surface area contributed by atoms with Crippen molar-refractivity contribution in [2.75, 3.05) is 18.6 Å². The summed E-state index contributed by atoms with van der Waals surface area (Å²) < 4.78 is 13.2. The number of hydrogen-bond donors (Lipinski definition) is 1. The molecule has 2 aromatic carbocycles. The number of ether oxygens (including phenoxy) is 2. The Hall–Kier alpha value is -3.84. The maximum absolute atomic E-state index is 5.85. The fraction of sp³-hybridized carbons (Fsp3) is 0.185. The van der Waals surface area contributed by atoms with Crippen molar-refractivity contribution in [2.24, 2.45) is 0 Å². The van der Waals surface area contributed by atoms with Crippen molar-refractivity contribution in [3.8, 4) is 17.2 Å². The van der Waals surface area contributed by atoms with Crippen LogP contribution in [-0.2, 0) is 0 Å². The molecule has 0 spiro atoms. The average Bonchev–Trinajstić information content (AvgIpc) is 3.49. The van der Waals surface area contributed by atoms with Crippen LogP contribution in [0.15, 0.2) is 91.3 Å². The molecule has 0 bridgehead atoms. The van der Waals surface area contributed by atoms with Crippen LogP contribution in [0.2, 0.25) is 0 Å². The zero-order valence-electron chi connectivity index (χ0n) is 19.1. The number of nitrogens with zero attached hydrogens (tertiary/aromatic N) is 3. The molecular formula is C27H26N4O2S. The molecule has 3 heterocycles. The predicted octanol–water partition coefficient (Wildman–Crippen LogP) is 5.46. The van der Waals surface area contributed by atoms with E-state index in [1.807, 2.05) is 67.7 Å². The van der Waals surface area contributed by atoms with Crippen LogP contribution in [0.25, 0.3) is 5.69 Å². The van der Waals surface area contributed by atoms with Gasteiger partial charge < -0.3 is 24.3 Å². The number of pyridine rings is 1. The van der Waals surface area contributed by atoms with E-state index in [4.69, 9.17) is 21.7 Å². The van der Waals surface area contributed by atoms with Crippen LogP contribution in [0.4, 0.5) is 5.69 Å². The Morgan fingerprint density at radius 2 is 1.65 bits per heavy atom. The van der Waals surface area contributed by atoms with Crippen molar-refractivity contribution in [1.82, 2.24) is 14.9 Å². The third kappa shape index (κ3) is 4.10. The normalized spacial score (nSPS) is 17.5. The molecule has 7 heteroatoms. The number of rotatable bonds is 7. The third-order valence-electron chi connectivity index (χ3n) is 5.96. The highest BCUT2D eigenvalue weighted by Gasteiger charge is 2.42. The van der Waals surface area contributed by atoms with Crippen molar-refractivity contribution >= 4 is 23.0 Å². The molecule has 34 heavy (non-hydrogen) atoms. The fourth-order valence-corrected chi connectivity index (χ4v) is 4.76. The quantitative estimate of drug-likeness (QED) is 0.362. The Balaban J connectivity index is 1.60. The molecular weight excluding hydrogens is 444 g/mol. The summed E-state index contributed by atoms with van der Waals surface area (Å²) in [5.74, 6) is 1.66. The van der Waals surface area contributed by atoms with Gasteiger partial charge in [0.05, 0.1) is 25.5 Å². The topological polar surface area (TPSA) is 51.5 Å². The number of anilines is 1. The van der Waals surface area contributed by atoms with Gasteiger partial charge in [-0.1, -0.05) is 6.07 Å². The van der Waals surface area contributed by atoms with Crippen molar-refractivity contribution < 1.29 is 9.47 Å². The lowest BCUT2D eigenvalue weighted by Gasteiger charge is -2.29. The van der Waals surface area contributed by atoms with E-state index in [-0.39, 0.29) is 12.1 Å². The maximum Gasteiger partial charge on any atom is 0.174 e. The maximum atomic E-state index is 5.85. The van der Waals surface area contributed by atoms with Gasteiger partial charge in [0.1, 0.15) is 17.5 Å². The summed E-state index contributed by atoms with van der Waals surface area (Å²) in [4.78, 5) is 6.81. The molecule has 2 aromatic heterocycles. The summed E-state index contributed by atoms with van der Waals surface area (Å²) in [6.45, 7) is 2.63.